The lowest BCUT2D eigenvalue weighted by molar-refractivity contribution is 0.103. The number of Topliss-reactive ketones (excluding diaryl/α,β-unsaturated/α-hetero) is 1. The highest BCUT2D eigenvalue weighted by Gasteiger charge is 2.22. The Morgan fingerprint density at radius 1 is 1.14 bits per heavy atom. The Bertz CT molecular complexity index is 543. The first-order valence-electron chi connectivity index (χ1n) is 8.69. The van der Waals surface area contributed by atoms with Crippen molar-refractivity contribution in [3.05, 3.63) is 41.0 Å². The summed E-state index contributed by atoms with van der Waals surface area (Å²) in [4.78, 5) is 12.5. The Morgan fingerprint density at radius 3 is 2.55 bits per heavy atom. The topological polar surface area (TPSA) is 26.3 Å². The van der Waals surface area contributed by atoms with Crippen LogP contribution in [0.2, 0.25) is 0 Å². The molecule has 1 aliphatic carbocycles. The molecule has 0 heterocycles. The van der Waals surface area contributed by atoms with Gasteiger partial charge in [0.25, 0.3) is 0 Å². The van der Waals surface area contributed by atoms with Crippen molar-refractivity contribution in [3.8, 4) is 5.75 Å². The molecule has 1 aliphatic rings. The van der Waals surface area contributed by atoms with Gasteiger partial charge in [-0.3, -0.25) is 4.79 Å². The van der Waals surface area contributed by atoms with Crippen LogP contribution < -0.4 is 4.74 Å². The van der Waals surface area contributed by atoms with Crippen molar-refractivity contribution < 1.29 is 9.53 Å². The minimum atomic E-state index is 0.109. The first-order valence-corrected chi connectivity index (χ1v) is 8.69. The largest absolute Gasteiger partial charge is 0.493 e. The molecule has 0 aliphatic heterocycles. The van der Waals surface area contributed by atoms with Crippen LogP contribution in [-0.2, 0) is 12.8 Å². The fourth-order valence-corrected chi connectivity index (χ4v) is 3.07. The van der Waals surface area contributed by atoms with E-state index in [-0.39, 0.29) is 5.78 Å². The van der Waals surface area contributed by atoms with Gasteiger partial charge in [-0.25, -0.2) is 0 Å². The molecule has 0 N–H and O–H groups in total. The molecule has 0 unspecified atom stereocenters. The number of hydrogen-bond donors (Lipinski definition) is 0. The van der Waals surface area contributed by atoms with Gasteiger partial charge >= 0.3 is 0 Å². The lowest BCUT2D eigenvalue weighted by atomic mass is 9.85. The molecule has 2 nitrogen and oxygen atoms in total. The molecule has 0 saturated carbocycles. The number of fused-ring (bicyclic) bond motifs is 1. The second-order valence-corrected chi connectivity index (χ2v) is 6.12. The number of unbranched alkanes of at least 4 members (excludes halogenated alkanes) is 2. The molecule has 0 spiro atoms. The zero-order chi connectivity index (χ0) is 15.9. The van der Waals surface area contributed by atoms with E-state index in [0.29, 0.717) is 12.0 Å². The van der Waals surface area contributed by atoms with Gasteiger partial charge < -0.3 is 4.74 Å². The minimum absolute atomic E-state index is 0.109. The number of benzene rings is 1. The summed E-state index contributed by atoms with van der Waals surface area (Å²) < 4.78 is 5.99. The molecule has 22 heavy (non-hydrogen) atoms. The number of ether oxygens (including phenoxy) is 1. The molecular weight excluding hydrogens is 272 g/mol. The van der Waals surface area contributed by atoms with Crippen molar-refractivity contribution in [3.63, 3.8) is 0 Å². The van der Waals surface area contributed by atoms with Gasteiger partial charge in [0.1, 0.15) is 5.75 Å². The average Bonchev–Trinajstić information content (AvgIpc) is 2.57. The first kappa shape index (κ1) is 16.8. The quantitative estimate of drug-likeness (QED) is 0.371. The third-order valence-electron chi connectivity index (χ3n) is 4.49. The van der Waals surface area contributed by atoms with Crippen LogP contribution in [0.15, 0.2) is 24.3 Å². The van der Waals surface area contributed by atoms with Crippen LogP contribution in [0.4, 0.5) is 0 Å². The van der Waals surface area contributed by atoms with E-state index in [0.717, 1.165) is 43.6 Å². The summed E-state index contributed by atoms with van der Waals surface area (Å²) in [7, 11) is 0. The van der Waals surface area contributed by atoms with Crippen LogP contribution in [0.3, 0.4) is 0 Å². The highest BCUT2D eigenvalue weighted by molar-refractivity contribution is 6.09. The van der Waals surface area contributed by atoms with Gasteiger partial charge in [0.15, 0.2) is 5.78 Å². The van der Waals surface area contributed by atoms with Crippen LogP contribution in [0.25, 0.3) is 0 Å². The van der Waals surface area contributed by atoms with Crippen LogP contribution in [0, 0.1) is 0 Å². The van der Waals surface area contributed by atoms with Crippen molar-refractivity contribution in [2.75, 3.05) is 6.61 Å². The summed E-state index contributed by atoms with van der Waals surface area (Å²) in [6, 6.07) is 3.94. The van der Waals surface area contributed by atoms with Gasteiger partial charge in [-0.05, 0) is 67.4 Å². The van der Waals surface area contributed by atoms with Gasteiger partial charge in [0.2, 0.25) is 0 Å². The molecule has 120 valence electrons. The summed E-state index contributed by atoms with van der Waals surface area (Å²) >= 11 is 0. The Labute approximate surface area is 134 Å². The Kier molecular flexibility index (Phi) is 6.23. The molecule has 0 amide bonds. The second kappa shape index (κ2) is 8.17. The number of hydrogen-bond acceptors (Lipinski definition) is 2. The molecule has 0 atom stereocenters. The number of carbonyl (C=O) groups is 1. The van der Waals surface area contributed by atoms with Crippen LogP contribution in [-0.4, -0.2) is 12.4 Å². The Hall–Kier alpha value is -1.57. The molecule has 0 fully saturated rings. The van der Waals surface area contributed by atoms with Crippen molar-refractivity contribution in [1.29, 1.82) is 0 Å². The smallest absolute Gasteiger partial charge is 0.188 e. The SMILES string of the molecule is C=C(CC)C(=O)c1ccc(OCCCCC)c2c1CCCC2. The van der Waals surface area contributed by atoms with Gasteiger partial charge in [-0.2, -0.15) is 0 Å². The average molecular weight is 300 g/mol. The van der Waals surface area contributed by atoms with E-state index in [2.05, 4.69) is 13.5 Å². The maximum absolute atomic E-state index is 12.5. The molecule has 2 heteroatoms. The monoisotopic (exact) mass is 300 g/mol. The zero-order valence-electron chi connectivity index (χ0n) is 14.0. The highest BCUT2D eigenvalue weighted by Crippen LogP contribution is 2.33. The van der Waals surface area contributed by atoms with Crippen molar-refractivity contribution in [2.24, 2.45) is 0 Å². The number of ketones is 1. The number of allylic oxidation sites excluding steroid dienone is 1. The number of carbonyl (C=O) groups excluding carboxylic acids is 1. The lowest BCUT2D eigenvalue weighted by Crippen LogP contribution is -2.14. The maximum Gasteiger partial charge on any atom is 0.188 e. The standard InChI is InChI=1S/C20H28O2/c1-4-6-9-14-22-19-13-12-18(20(21)15(3)5-2)16-10-7-8-11-17(16)19/h12-13H,3-11,14H2,1-2H3. The summed E-state index contributed by atoms with van der Waals surface area (Å²) in [5.74, 6) is 1.10. The van der Waals surface area contributed by atoms with Crippen LogP contribution in [0.5, 0.6) is 5.75 Å². The fourth-order valence-electron chi connectivity index (χ4n) is 3.07. The summed E-state index contributed by atoms with van der Waals surface area (Å²) in [5, 5.41) is 0. The third-order valence-corrected chi connectivity index (χ3v) is 4.49. The minimum Gasteiger partial charge on any atom is -0.493 e. The van der Waals surface area contributed by atoms with E-state index in [1.807, 2.05) is 19.1 Å². The van der Waals surface area contributed by atoms with E-state index in [1.54, 1.807) is 0 Å². The molecule has 0 saturated heterocycles. The predicted octanol–water partition coefficient (Wildman–Crippen LogP) is 5.28. The van der Waals surface area contributed by atoms with Gasteiger partial charge in [-0.15, -0.1) is 0 Å². The van der Waals surface area contributed by atoms with Gasteiger partial charge in [0, 0.05) is 5.56 Å². The van der Waals surface area contributed by atoms with E-state index in [9.17, 15) is 4.79 Å². The van der Waals surface area contributed by atoms with E-state index in [1.165, 1.54) is 30.4 Å². The highest BCUT2D eigenvalue weighted by atomic mass is 16.5. The van der Waals surface area contributed by atoms with Crippen molar-refractivity contribution >= 4 is 5.78 Å². The van der Waals surface area contributed by atoms with Crippen LogP contribution in [0.1, 0.15) is 73.9 Å². The van der Waals surface area contributed by atoms with Gasteiger partial charge in [-0.1, -0.05) is 33.3 Å². The molecular formula is C20H28O2. The number of rotatable bonds is 8. The lowest BCUT2D eigenvalue weighted by Gasteiger charge is -2.22. The van der Waals surface area contributed by atoms with Gasteiger partial charge in [0.05, 0.1) is 6.61 Å². The molecule has 0 aromatic heterocycles. The molecule has 1 aromatic rings. The fraction of sp³-hybridized carbons (Fsp3) is 0.550. The summed E-state index contributed by atoms with van der Waals surface area (Å²) in [6.45, 7) is 8.86. The third kappa shape index (κ3) is 3.79. The normalized spacial score (nSPS) is 13.5. The zero-order valence-corrected chi connectivity index (χ0v) is 14.0. The first-order chi connectivity index (χ1) is 10.7. The van der Waals surface area contributed by atoms with Crippen molar-refractivity contribution in [1.82, 2.24) is 0 Å². The van der Waals surface area contributed by atoms with E-state index >= 15 is 0 Å². The Morgan fingerprint density at radius 2 is 1.86 bits per heavy atom. The molecule has 0 bridgehead atoms. The predicted molar refractivity (Wildman–Crippen MR) is 91.9 cm³/mol. The Balaban J connectivity index is 2.24. The molecule has 1 aromatic carbocycles. The summed E-state index contributed by atoms with van der Waals surface area (Å²) in [6.07, 6.45) is 8.57. The summed E-state index contributed by atoms with van der Waals surface area (Å²) in [5.41, 5.74) is 4.02. The van der Waals surface area contributed by atoms with Crippen LogP contribution >= 0.6 is 0 Å². The van der Waals surface area contributed by atoms with Crippen molar-refractivity contribution in [2.45, 2.75) is 65.2 Å². The second-order valence-electron chi connectivity index (χ2n) is 6.12. The van der Waals surface area contributed by atoms with E-state index in [4.69, 9.17) is 4.74 Å². The molecule has 2 rings (SSSR count). The van der Waals surface area contributed by atoms with E-state index < -0.39 is 0 Å². The molecule has 0 radical (unpaired) electrons. The maximum atomic E-state index is 12.5.